The SMILES string of the molecule is COC(=O)N[C@H](C(=O)Cc1ccccc1CC[C@@H]1CNC[C@@H](COc2cccc3c2CCC3)O1)C(c1ccccc1)c1ccccc1. The second-order valence-electron chi connectivity index (χ2n) is 12.5. The Morgan fingerprint density at radius 3 is 2.23 bits per heavy atom. The van der Waals surface area contributed by atoms with Crippen LogP contribution in [0.25, 0.3) is 0 Å². The minimum absolute atomic E-state index is 0.0270. The molecule has 244 valence electrons. The number of carbonyl (C=O) groups is 2. The molecule has 1 amide bonds. The first-order valence-electron chi connectivity index (χ1n) is 16.7. The monoisotopic (exact) mass is 632 g/mol. The summed E-state index contributed by atoms with van der Waals surface area (Å²) in [4.78, 5) is 26.8. The second-order valence-corrected chi connectivity index (χ2v) is 12.5. The standard InChI is InChI=1S/C40H44N2O5/c1-45-40(44)42-39(38(30-13-4-2-5-14-30)31-15-6-3-7-16-31)36(43)24-32-17-9-8-12-28(32)22-23-33-25-41-26-34(47-33)27-46-37-21-11-19-29-18-10-20-35(29)37/h2-9,11-17,19,21,33-34,38-39,41H,10,18,20,22-27H2,1H3,(H,42,44)/t33-,34+,39-/m1/s1. The fraction of sp³-hybridized carbons (Fsp3) is 0.350. The topological polar surface area (TPSA) is 85.9 Å². The molecular weight excluding hydrogens is 588 g/mol. The van der Waals surface area contributed by atoms with E-state index in [0.717, 1.165) is 66.8 Å². The molecule has 6 rings (SSSR count). The van der Waals surface area contributed by atoms with Crippen LogP contribution >= 0.6 is 0 Å². The van der Waals surface area contributed by atoms with Crippen LogP contribution in [0.15, 0.2) is 103 Å². The Morgan fingerprint density at radius 2 is 1.51 bits per heavy atom. The number of carbonyl (C=O) groups excluding carboxylic acids is 2. The minimum Gasteiger partial charge on any atom is -0.491 e. The number of benzene rings is 4. The number of hydrogen-bond acceptors (Lipinski definition) is 6. The lowest BCUT2D eigenvalue weighted by molar-refractivity contribution is -0.120. The van der Waals surface area contributed by atoms with Gasteiger partial charge in [0.2, 0.25) is 0 Å². The second kappa shape index (κ2) is 15.9. The molecule has 2 aliphatic rings. The summed E-state index contributed by atoms with van der Waals surface area (Å²) in [5.74, 6) is 0.529. The smallest absolute Gasteiger partial charge is 0.407 e. The normalized spacial score (nSPS) is 17.9. The number of nitrogens with one attached hydrogen (secondary N) is 2. The van der Waals surface area contributed by atoms with Gasteiger partial charge in [0.1, 0.15) is 24.5 Å². The van der Waals surface area contributed by atoms with Crippen LogP contribution in [0.2, 0.25) is 0 Å². The van der Waals surface area contributed by atoms with Gasteiger partial charge in [-0.25, -0.2) is 4.79 Å². The molecule has 1 heterocycles. The molecule has 2 N–H and O–H groups in total. The van der Waals surface area contributed by atoms with Crippen molar-refractivity contribution in [2.45, 2.75) is 62.7 Å². The largest absolute Gasteiger partial charge is 0.491 e. The quantitative estimate of drug-likeness (QED) is 0.182. The highest BCUT2D eigenvalue weighted by Gasteiger charge is 2.33. The highest BCUT2D eigenvalue weighted by molar-refractivity contribution is 5.91. The van der Waals surface area contributed by atoms with E-state index >= 15 is 0 Å². The van der Waals surface area contributed by atoms with E-state index in [4.69, 9.17) is 14.2 Å². The van der Waals surface area contributed by atoms with Crippen LogP contribution < -0.4 is 15.4 Å². The van der Waals surface area contributed by atoms with Gasteiger partial charge >= 0.3 is 6.09 Å². The Labute approximate surface area is 277 Å². The summed E-state index contributed by atoms with van der Waals surface area (Å²) in [6.07, 6.45) is 4.55. The van der Waals surface area contributed by atoms with E-state index in [9.17, 15) is 9.59 Å². The summed E-state index contributed by atoms with van der Waals surface area (Å²) in [7, 11) is 1.32. The zero-order valence-corrected chi connectivity index (χ0v) is 27.0. The molecule has 47 heavy (non-hydrogen) atoms. The van der Waals surface area contributed by atoms with E-state index in [-0.39, 0.29) is 30.3 Å². The zero-order valence-electron chi connectivity index (χ0n) is 27.0. The lowest BCUT2D eigenvalue weighted by Crippen LogP contribution is -2.47. The number of methoxy groups -OCH3 is 1. The van der Waals surface area contributed by atoms with Crippen LogP contribution in [0.5, 0.6) is 5.75 Å². The minimum atomic E-state index is -0.821. The molecule has 4 aromatic carbocycles. The van der Waals surface area contributed by atoms with Crippen molar-refractivity contribution in [1.29, 1.82) is 0 Å². The number of Topliss-reactive ketones (excluding diaryl/α,β-unsaturated/α-hetero) is 1. The van der Waals surface area contributed by atoms with Gasteiger partial charge in [0.05, 0.1) is 13.2 Å². The van der Waals surface area contributed by atoms with Crippen LogP contribution in [0.1, 0.15) is 52.1 Å². The molecule has 1 saturated heterocycles. The zero-order chi connectivity index (χ0) is 32.4. The van der Waals surface area contributed by atoms with Gasteiger partial charge in [0.25, 0.3) is 0 Å². The Hall–Kier alpha value is -4.46. The molecule has 7 heteroatoms. The summed E-state index contributed by atoms with van der Waals surface area (Å²) in [6, 6.07) is 33.3. The van der Waals surface area contributed by atoms with Gasteiger partial charge in [-0.2, -0.15) is 0 Å². The van der Waals surface area contributed by atoms with Crippen molar-refractivity contribution in [3.63, 3.8) is 0 Å². The summed E-state index contributed by atoms with van der Waals surface area (Å²) < 4.78 is 17.7. The Kier molecular flexibility index (Phi) is 11.0. The van der Waals surface area contributed by atoms with Gasteiger partial charge in [0, 0.05) is 25.4 Å². The molecule has 1 fully saturated rings. The predicted molar refractivity (Wildman–Crippen MR) is 183 cm³/mol. The van der Waals surface area contributed by atoms with Gasteiger partial charge in [-0.3, -0.25) is 4.79 Å². The molecule has 4 aromatic rings. The predicted octanol–water partition coefficient (Wildman–Crippen LogP) is 6.21. The molecular formula is C40H44N2O5. The maximum atomic E-state index is 14.2. The third-order valence-corrected chi connectivity index (χ3v) is 9.33. The lowest BCUT2D eigenvalue weighted by atomic mass is 9.81. The van der Waals surface area contributed by atoms with E-state index in [2.05, 4.69) is 34.9 Å². The Morgan fingerprint density at radius 1 is 0.830 bits per heavy atom. The summed E-state index contributed by atoms with van der Waals surface area (Å²) >= 11 is 0. The average Bonchev–Trinajstić information content (AvgIpc) is 3.61. The van der Waals surface area contributed by atoms with Crippen molar-refractivity contribution in [2.24, 2.45) is 0 Å². The maximum absolute atomic E-state index is 14.2. The van der Waals surface area contributed by atoms with E-state index in [1.165, 1.54) is 24.7 Å². The molecule has 1 aliphatic carbocycles. The number of aryl methyl sites for hydroxylation is 2. The Balaban J connectivity index is 1.12. The Bertz CT molecular complexity index is 1590. The van der Waals surface area contributed by atoms with Crippen LogP contribution in [-0.2, 0) is 40.0 Å². The molecule has 0 saturated carbocycles. The van der Waals surface area contributed by atoms with Gasteiger partial charge < -0.3 is 24.8 Å². The highest BCUT2D eigenvalue weighted by Crippen LogP contribution is 2.32. The third-order valence-electron chi connectivity index (χ3n) is 9.33. The van der Waals surface area contributed by atoms with Gasteiger partial charge in [-0.1, -0.05) is 97.1 Å². The summed E-state index contributed by atoms with van der Waals surface area (Å²) in [5.41, 5.74) is 6.70. The van der Waals surface area contributed by atoms with Gasteiger partial charge in [0.15, 0.2) is 5.78 Å². The van der Waals surface area contributed by atoms with Crippen LogP contribution in [-0.4, -0.2) is 56.9 Å². The number of hydrogen-bond donors (Lipinski definition) is 2. The van der Waals surface area contributed by atoms with Crippen molar-refractivity contribution < 1.29 is 23.8 Å². The molecule has 0 aromatic heterocycles. The number of fused-ring (bicyclic) bond motifs is 1. The van der Waals surface area contributed by atoms with Crippen molar-refractivity contribution >= 4 is 11.9 Å². The van der Waals surface area contributed by atoms with Crippen molar-refractivity contribution in [3.8, 4) is 5.75 Å². The summed E-state index contributed by atoms with van der Waals surface area (Å²) in [6.45, 7) is 2.05. The summed E-state index contributed by atoms with van der Waals surface area (Å²) in [5, 5.41) is 6.41. The molecule has 1 aliphatic heterocycles. The van der Waals surface area contributed by atoms with Crippen molar-refractivity contribution in [1.82, 2.24) is 10.6 Å². The highest BCUT2D eigenvalue weighted by atomic mass is 16.5. The van der Waals surface area contributed by atoms with Crippen molar-refractivity contribution in [2.75, 3.05) is 26.8 Å². The van der Waals surface area contributed by atoms with Crippen LogP contribution in [0, 0.1) is 0 Å². The number of amides is 1. The van der Waals surface area contributed by atoms with E-state index in [0.29, 0.717) is 6.61 Å². The van der Waals surface area contributed by atoms with Gasteiger partial charge in [-0.05, 0) is 71.6 Å². The first kappa shape index (κ1) is 32.5. The fourth-order valence-electron chi connectivity index (χ4n) is 6.97. The van der Waals surface area contributed by atoms with E-state index < -0.39 is 12.1 Å². The van der Waals surface area contributed by atoms with Crippen LogP contribution in [0.3, 0.4) is 0 Å². The average molecular weight is 633 g/mol. The molecule has 0 bridgehead atoms. The fourth-order valence-corrected chi connectivity index (χ4v) is 6.97. The van der Waals surface area contributed by atoms with Gasteiger partial charge in [-0.15, -0.1) is 0 Å². The maximum Gasteiger partial charge on any atom is 0.407 e. The molecule has 0 spiro atoms. The number of ketones is 1. The number of ether oxygens (including phenoxy) is 3. The number of morpholine rings is 1. The molecule has 0 unspecified atom stereocenters. The van der Waals surface area contributed by atoms with Crippen LogP contribution in [0.4, 0.5) is 4.79 Å². The van der Waals surface area contributed by atoms with E-state index in [1.54, 1.807) is 0 Å². The third kappa shape index (κ3) is 8.28. The molecule has 0 radical (unpaired) electrons. The first-order valence-corrected chi connectivity index (χ1v) is 16.7. The number of rotatable bonds is 13. The first-order chi connectivity index (χ1) is 23.1. The molecule has 3 atom stereocenters. The lowest BCUT2D eigenvalue weighted by Gasteiger charge is -2.31. The van der Waals surface area contributed by atoms with E-state index in [1.807, 2.05) is 78.9 Å². The van der Waals surface area contributed by atoms with Crippen molar-refractivity contribution in [3.05, 3.63) is 137 Å². The number of alkyl carbamates (subject to hydrolysis) is 1. The molecule has 7 nitrogen and oxygen atoms in total.